The van der Waals surface area contributed by atoms with Gasteiger partial charge in [-0.05, 0) is 24.6 Å². The molecule has 0 saturated carbocycles. The highest BCUT2D eigenvalue weighted by molar-refractivity contribution is 6.31. The minimum atomic E-state index is 0.421. The number of aryl methyl sites for hydroxylation is 1. The third-order valence-corrected chi connectivity index (χ3v) is 3.20. The highest BCUT2D eigenvalue weighted by Gasteiger charge is 2.09. The first-order chi connectivity index (χ1) is 8.66. The third kappa shape index (κ3) is 1.60. The van der Waals surface area contributed by atoms with E-state index in [1.807, 2.05) is 25.1 Å². The highest BCUT2D eigenvalue weighted by Crippen LogP contribution is 2.23. The smallest absolute Gasteiger partial charge is 0.168 e. The Hall–Kier alpha value is -2.14. The van der Waals surface area contributed by atoms with Gasteiger partial charge in [0.25, 0.3) is 0 Å². The van der Waals surface area contributed by atoms with Gasteiger partial charge in [-0.15, -0.1) is 0 Å². The van der Waals surface area contributed by atoms with Gasteiger partial charge >= 0.3 is 0 Å². The van der Waals surface area contributed by atoms with Crippen molar-refractivity contribution in [3.05, 3.63) is 41.3 Å². The molecule has 2 aromatic heterocycles. The van der Waals surface area contributed by atoms with Crippen molar-refractivity contribution in [1.82, 2.24) is 19.7 Å². The number of halogens is 1. The Balaban J connectivity index is 2.25. The molecule has 0 fully saturated rings. The van der Waals surface area contributed by atoms with Crippen LogP contribution in [0.5, 0.6) is 0 Å². The molecule has 3 rings (SSSR count). The number of nitrogens with two attached hydrogens (primary N) is 1. The van der Waals surface area contributed by atoms with Crippen molar-refractivity contribution in [2.24, 2.45) is 0 Å². The van der Waals surface area contributed by atoms with Crippen molar-refractivity contribution >= 4 is 28.5 Å². The van der Waals surface area contributed by atoms with Gasteiger partial charge in [0, 0.05) is 5.02 Å². The molecule has 0 radical (unpaired) electrons. The van der Waals surface area contributed by atoms with Crippen molar-refractivity contribution in [3.8, 4) is 5.69 Å². The van der Waals surface area contributed by atoms with E-state index in [2.05, 4.69) is 15.1 Å². The van der Waals surface area contributed by atoms with Gasteiger partial charge in [-0.25, -0.2) is 14.6 Å². The predicted octanol–water partition coefficient (Wildman–Crippen LogP) is 2.36. The van der Waals surface area contributed by atoms with Crippen molar-refractivity contribution in [1.29, 1.82) is 0 Å². The Morgan fingerprint density at radius 2 is 2.11 bits per heavy atom. The van der Waals surface area contributed by atoms with Crippen molar-refractivity contribution in [2.75, 3.05) is 5.73 Å². The number of hydrogen-bond donors (Lipinski definition) is 1. The fourth-order valence-electron chi connectivity index (χ4n) is 1.76. The Kier molecular flexibility index (Phi) is 2.41. The van der Waals surface area contributed by atoms with Gasteiger partial charge in [0.1, 0.15) is 12.1 Å². The molecule has 0 aliphatic rings. The lowest BCUT2D eigenvalue weighted by molar-refractivity contribution is 0.894. The van der Waals surface area contributed by atoms with E-state index in [0.717, 1.165) is 16.6 Å². The second kappa shape index (κ2) is 3.96. The fourth-order valence-corrected chi connectivity index (χ4v) is 1.94. The van der Waals surface area contributed by atoms with Crippen LogP contribution in [-0.4, -0.2) is 19.7 Å². The zero-order valence-corrected chi connectivity index (χ0v) is 10.4. The Bertz CT molecular complexity index is 734. The maximum atomic E-state index is 6.11. The first kappa shape index (κ1) is 11.0. The van der Waals surface area contributed by atoms with Crippen LogP contribution in [-0.2, 0) is 0 Å². The molecule has 0 spiro atoms. The topological polar surface area (TPSA) is 69.6 Å². The van der Waals surface area contributed by atoms with Crippen LogP contribution >= 0.6 is 11.6 Å². The summed E-state index contributed by atoms with van der Waals surface area (Å²) in [5.74, 6) is 0.421. The minimum Gasteiger partial charge on any atom is -0.383 e. The highest BCUT2D eigenvalue weighted by atomic mass is 35.5. The largest absolute Gasteiger partial charge is 0.383 e. The quantitative estimate of drug-likeness (QED) is 0.728. The van der Waals surface area contributed by atoms with Gasteiger partial charge in [0.05, 0.1) is 17.3 Å². The van der Waals surface area contributed by atoms with Crippen molar-refractivity contribution < 1.29 is 0 Å². The van der Waals surface area contributed by atoms with E-state index in [1.165, 1.54) is 6.33 Å². The molecule has 90 valence electrons. The zero-order chi connectivity index (χ0) is 12.7. The van der Waals surface area contributed by atoms with Gasteiger partial charge in [-0.3, -0.25) is 0 Å². The van der Waals surface area contributed by atoms with Crippen molar-refractivity contribution in [3.63, 3.8) is 0 Å². The molecular weight excluding hydrogens is 250 g/mol. The SMILES string of the molecule is Cc1ccc(-n2ncc3c(N)ncnc32)cc1Cl. The summed E-state index contributed by atoms with van der Waals surface area (Å²) in [7, 11) is 0. The number of aromatic nitrogens is 4. The van der Waals surface area contributed by atoms with E-state index >= 15 is 0 Å². The lowest BCUT2D eigenvalue weighted by Gasteiger charge is -2.05. The van der Waals surface area contributed by atoms with E-state index in [0.29, 0.717) is 16.5 Å². The average molecular weight is 260 g/mol. The standard InChI is InChI=1S/C12H10ClN5/c1-7-2-3-8(4-10(7)13)18-12-9(5-17-18)11(14)15-6-16-12/h2-6H,1H3,(H2,14,15,16). The van der Waals surface area contributed by atoms with E-state index < -0.39 is 0 Å². The maximum absolute atomic E-state index is 6.11. The number of benzene rings is 1. The minimum absolute atomic E-state index is 0.421. The van der Waals surface area contributed by atoms with Gasteiger partial charge in [-0.1, -0.05) is 17.7 Å². The summed E-state index contributed by atoms with van der Waals surface area (Å²) in [5, 5.41) is 5.70. The van der Waals surface area contributed by atoms with Crippen LogP contribution in [0, 0.1) is 6.92 Å². The van der Waals surface area contributed by atoms with Crippen LogP contribution < -0.4 is 5.73 Å². The van der Waals surface area contributed by atoms with Crippen molar-refractivity contribution in [2.45, 2.75) is 6.92 Å². The Morgan fingerprint density at radius 3 is 2.89 bits per heavy atom. The summed E-state index contributed by atoms with van der Waals surface area (Å²) in [4.78, 5) is 8.13. The zero-order valence-electron chi connectivity index (χ0n) is 9.63. The molecule has 2 N–H and O–H groups in total. The Labute approximate surface area is 108 Å². The number of hydrogen-bond acceptors (Lipinski definition) is 4. The average Bonchev–Trinajstić information content (AvgIpc) is 2.78. The van der Waals surface area contributed by atoms with E-state index in [9.17, 15) is 0 Å². The van der Waals surface area contributed by atoms with Gasteiger partial charge < -0.3 is 5.73 Å². The molecule has 2 heterocycles. The molecule has 6 heteroatoms. The van der Waals surface area contributed by atoms with Crippen LogP contribution in [0.15, 0.2) is 30.7 Å². The van der Waals surface area contributed by atoms with Crippen LogP contribution in [0.3, 0.4) is 0 Å². The molecule has 0 atom stereocenters. The first-order valence-corrected chi connectivity index (χ1v) is 5.75. The number of nitrogens with zero attached hydrogens (tertiary/aromatic N) is 4. The normalized spacial score (nSPS) is 11.0. The second-order valence-electron chi connectivity index (χ2n) is 3.99. The second-order valence-corrected chi connectivity index (χ2v) is 4.39. The summed E-state index contributed by atoms with van der Waals surface area (Å²) in [6, 6.07) is 5.73. The molecule has 0 bridgehead atoms. The monoisotopic (exact) mass is 259 g/mol. The molecule has 5 nitrogen and oxygen atoms in total. The van der Waals surface area contributed by atoms with Crippen LogP contribution in [0.25, 0.3) is 16.7 Å². The number of rotatable bonds is 1. The molecule has 0 aliphatic carbocycles. The van der Waals surface area contributed by atoms with Crippen LogP contribution in [0.4, 0.5) is 5.82 Å². The number of fused-ring (bicyclic) bond motifs is 1. The predicted molar refractivity (Wildman–Crippen MR) is 70.8 cm³/mol. The molecule has 3 aromatic rings. The molecule has 0 amide bonds. The maximum Gasteiger partial charge on any atom is 0.168 e. The molecule has 1 aromatic carbocycles. The lowest BCUT2D eigenvalue weighted by atomic mass is 10.2. The number of anilines is 1. The van der Waals surface area contributed by atoms with E-state index in [1.54, 1.807) is 10.9 Å². The summed E-state index contributed by atoms with van der Waals surface area (Å²) in [6.45, 7) is 1.95. The van der Waals surface area contributed by atoms with Gasteiger partial charge in [0.15, 0.2) is 5.65 Å². The third-order valence-electron chi connectivity index (χ3n) is 2.80. The van der Waals surface area contributed by atoms with Crippen LogP contribution in [0.1, 0.15) is 5.56 Å². The summed E-state index contributed by atoms with van der Waals surface area (Å²) in [5.41, 5.74) is 8.31. The van der Waals surface area contributed by atoms with E-state index in [-0.39, 0.29) is 0 Å². The molecular formula is C12H10ClN5. The summed E-state index contributed by atoms with van der Waals surface area (Å²) < 4.78 is 1.69. The Morgan fingerprint density at radius 1 is 1.28 bits per heavy atom. The summed E-state index contributed by atoms with van der Waals surface area (Å²) in [6.07, 6.45) is 3.07. The lowest BCUT2D eigenvalue weighted by Crippen LogP contribution is -1.99. The van der Waals surface area contributed by atoms with E-state index in [4.69, 9.17) is 17.3 Å². The number of nitrogen functional groups attached to an aromatic ring is 1. The van der Waals surface area contributed by atoms with Gasteiger partial charge in [-0.2, -0.15) is 5.10 Å². The van der Waals surface area contributed by atoms with Gasteiger partial charge in [0.2, 0.25) is 0 Å². The first-order valence-electron chi connectivity index (χ1n) is 5.37. The fraction of sp³-hybridized carbons (Fsp3) is 0.0833. The molecule has 18 heavy (non-hydrogen) atoms. The summed E-state index contributed by atoms with van der Waals surface area (Å²) >= 11 is 6.11. The molecule has 0 unspecified atom stereocenters. The molecule has 0 aliphatic heterocycles. The van der Waals surface area contributed by atoms with Crippen LogP contribution in [0.2, 0.25) is 5.02 Å². The molecule has 0 saturated heterocycles.